The summed E-state index contributed by atoms with van der Waals surface area (Å²) in [6.45, 7) is 9.63. The smallest absolute Gasteiger partial charge is 0.191 e. The van der Waals surface area contributed by atoms with Crippen molar-refractivity contribution in [2.24, 2.45) is 16.3 Å². The first kappa shape index (κ1) is 21.2. The number of aliphatic imine (C=N–C) groups is 1. The Labute approximate surface area is 169 Å². The lowest BCUT2D eigenvalue weighted by Gasteiger charge is -2.55. The Balaban J connectivity index is 0.00000225. The van der Waals surface area contributed by atoms with E-state index in [1.807, 2.05) is 7.05 Å². The van der Waals surface area contributed by atoms with E-state index in [-0.39, 0.29) is 29.4 Å². The molecule has 3 aliphatic rings. The molecule has 2 N–H and O–H groups in total. The molecule has 2 heterocycles. The van der Waals surface area contributed by atoms with Crippen LogP contribution in [0, 0.1) is 11.3 Å². The standard InChI is InChI=1S/C18H34N4O2.HI/c1-18(2)15(14-7-11-24-16(14)18)21-17(19-3)20-13-5-8-22(9-6-13)10-12-23-4;/h13-16H,5-12H2,1-4H3,(H2,19,20,21);1H. The van der Waals surface area contributed by atoms with Gasteiger partial charge in [-0.2, -0.15) is 0 Å². The van der Waals surface area contributed by atoms with Gasteiger partial charge in [-0.3, -0.25) is 4.99 Å². The van der Waals surface area contributed by atoms with Crippen LogP contribution in [0.25, 0.3) is 0 Å². The van der Waals surface area contributed by atoms with Crippen LogP contribution >= 0.6 is 24.0 Å². The molecule has 3 unspecified atom stereocenters. The molecule has 3 rings (SSSR count). The summed E-state index contributed by atoms with van der Waals surface area (Å²) in [4.78, 5) is 6.95. The van der Waals surface area contributed by atoms with Crippen molar-refractivity contribution >= 4 is 29.9 Å². The van der Waals surface area contributed by atoms with Crippen LogP contribution in [-0.4, -0.2) is 76.1 Å². The summed E-state index contributed by atoms with van der Waals surface area (Å²) in [5, 5.41) is 7.32. The summed E-state index contributed by atoms with van der Waals surface area (Å²) in [6, 6.07) is 0.965. The van der Waals surface area contributed by atoms with Crippen LogP contribution in [0.1, 0.15) is 33.1 Å². The first-order valence-corrected chi connectivity index (χ1v) is 9.39. The summed E-state index contributed by atoms with van der Waals surface area (Å²) < 4.78 is 11.1. The van der Waals surface area contributed by atoms with E-state index >= 15 is 0 Å². The van der Waals surface area contributed by atoms with Gasteiger partial charge in [0.15, 0.2) is 5.96 Å². The highest BCUT2D eigenvalue weighted by molar-refractivity contribution is 14.0. The van der Waals surface area contributed by atoms with Gasteiger partial charge in [-0.15, -0.1) is 24.0 Å². The van der Waals surface area contributed by atoms with E-state index in [2.05, 4.69) is 34.4 Å². The Kier molecular flexibility index (Phi) is 7.79. The number of hydrogen-bond acceptors (Lipinski definition) is 4. The Hall–Kier alpha value is -0.120. The van der Waals surface area contributed by atoms with Gasteiger partial charge in [0.25, 0.3) is 0 Å². The lowest BCUT2D eigenvalue weighted by Crippen LogP contribution is -2.68. The monoisotopic (exact) mass is 466 g/mol. The van der Waals surface area contributed by atoms with Crippen molar-refractivity contribution in [1.82, 2.24) is 15.5 Å². The number of methoxy groups -OCH3 is 1. The van der Waals surface area contributed by atoms with E-state index in [9.17, 15) is 0 Å². The summed E-state index contributed by atoms with van der Waals surface area (Å²) in [6.07, 6.45) is 3.90. The van der Waals surface area contributed by atoms with E-state index in [0.717, 1.165) is 51.6 Å². The number of piperidine rings is 1. The van der Waals surface area contributed by atoms with Crippen LogP contribution < -0.4 is 10.6 Å². The molecule has 146 valence electrons. The number of likely N-dealkylation sites (tertiary alicyclic amines) is 1. The molecule has 3 atom stereocenters. The summed E-state index contributed by atoms with van der Waals surface area (Å²) in [5.74, 6) is 1.59. The third-order valence-corrected chi connectivity index (χ3v) is 6.16. The molecule has 0 radical (unpaired) electrons. The molecule has 0 aromatic rings. The maximum Gasteiger partial charge on any atom is 0.191 e. The average molecular weight is 466 g/mol. The molecular formula is C18H35IN4O2. The zero-order valence-corrected chi connectivity index (χ0v) is 18.4. The molecule has 0 amide bonds. The number of fused-ring (bicyclic) bond motifs is 1. The van der Waals surface area contributed by atoms with Gasteiger partial charge in [0, 0.05) is 63.8 Å². The number of nitrogens with zero attached hydrogens (tertiary/aromatic N) is 2. The van der Waals surface area contributed by atoms with Gasteiger partial charge < -0.3 is 25.0 Å². The Bertz CT molecular complexity index is 452. The van der Waals surface area contributed by atoms with E-state index in [0.29, 0.717) is 24.1 Å². The minimum absolute atomic E-state index is 0. The topological polar surface area (TPSA) is 58.1 Å². The van der Waals surface area contributed by atoms with Crippen LogP contribution in [0.5, 0.6) is 0 Å². The highest BCUT2D eigenvalue weighted by Gasteiger charge is 2.59. The van der Waals surface area contributed by atoms with Crippen molar-refractivity contribution in [1.29, 1.82) is 0 Å². The summed E-state index contributed by atoms with van der Waals surface area (Å²) in [7, 11) is 3.64. The average Bonchev–Trinajstić information content (AvgIpc) is 3.04. The summed E-state index contributed by atoms with van der Waals surface area (Å²) >= 11 is 0. The fraction of sp³-hybridized carbons (Fsp3) is 0.944. The number of rotatable bonds is 5. The van der Waals surface area contributed by atoms with Crippen molar-refractivity contribution in [2.75, 3.05) is 47.0 Å². The molecule has 3 fully saturated rings. The van der Waals surface area contributed by atoms with Gasteiger partial charge in [0.1, 0.15) is 0 Å². The predicted molar refractivity (Wildman–Crippen MR) is 112 cm³/mol. The quantitative estimate of drug-likeness (QED) is 0.367. The zero-order chi connectivity index (χ0) is 17.2. The van der Waals surface area contributed by atoms with E-state index in [4.69, 9.17) is 9.47 Å². The summed E-state index contributed by atoms with van der Waals surface area (Å²) in [5.41, 5.74) is 0.183. The highest BCUT2D eigenvalue weighted by Crippen LogP contribution is 2.52. The van der Waals surface area contributed by atoms with E-state index in [1.54, 1.807) is 7.11 Å². The van der Waals surface area contributed by atoms with E-state index in [1.165, 1.54) is 6.42 Å². The Morgan fingerprint density at radius 3 is 2.60 bits per heavy atom. The molecule has 2 aliphatic heterocycles. The molecule has 2 saturated heterocycles. The SMILES string of the molecule is CN=C(NC1CCN(CCOC)CC1)NC1C2CCOC2C1(C)C.I. The number of hydrogen-bond donors (Lipinski definition) is 2. The number of ether oxygens (including phenoxy) is 2. The second-order valence-corrected chi connectivity index (χ2v) is 8.01. The van der Waals surface area contributed by atoms with Gasteiger partial charge in [-0.05, 0) is 19.3 Å². The minimum atomic E-state index is 0. The third-order valence-electron chi connectivity index (χ3n) is 6.16. The van der Waals surface area contributed by atoms with Crippen molar-refractivity contribution in [3.8, 4) is 0 Å². The molecule has 0 bridgehead atoms. The van der Waals surface area contributed by atoms with Gasteiger partial charge in [-0.25, -0.2) is 0 Å². The maximum atomic E-state index is 5.89. The Morgan fingerprint density at radius 1 is 1.24 bits per heavy atom. The number of guanidine groups is 1. The lowest BCUT2D eigenvalue weighted by atomic mass is 9.57. The molecule has 1 aliphatic carbocycles. The second-order valence-electron chi connectivity index (χ2n) is 8.01. The largest absolute Gasteiger partial charge is 0.383 e. The van der Waals surface area contributed by atoms with Crippen LogP contribution in [0.2, 0.25) is 0 Å². The van der Waals surface area contributed by atoms with E-state index < -0.39 is 0 Å². The first-order chi connectivity index (χ1) is 11.6. The minimum Gasteiger partial charge on any atom is -0.383 e. The van der Waals surface area contributed by atoms with Crippen molar-refractivity contribution in [2.45, 2.75) is 51.3 Å². The molecule has 1 saturated carbocycles. The van der Waals surface area contributed by atoms with Crippen molar-refractivity contribution in [3.05, 3.63) is 0 Å². The second kappa shape index (κ2) is 9.19. The van der Waals surface area contributed by atoms with Crippen LogP contribution in [0.4, 0.5) is 0 Å². The molecule has 6 nitrogen and oxygen atoms in total. The van der Waals surface area contributed by atoms with Crippen LogP contribution in [0.15, 0.2) is 4.99 Å². The van der Waals surface area contributed by atoms with Gasteiger partial charge in [0.2, 0.25) is 0 Å². The molecule has 25 heavy (non-hydrogen) atoms. The predicted octanol–water partition coefficient (Wildman–Crippen LogP) is 1.69. The van der Waals surface area contributed by atoms with Gasteiger partial charge >= 0.3 is 0 Å². The van der Waals surface area contributed by atoms with Gasteiger partial charge in [-0.1, -0.05) is 13.8 Å². The van der Waals surface area contributed by atoms with Crippen molar-refractivity contribution < 1.29 is 9.47 Å². The Morgan fingerprint density at radius 2 is 1.96 bits per heavy atom. The molecule has 0 spiro atoms. The zero-order valence-electron chi connectivity index (χ0n) is 16.1. The fourth-order valence-electron chi connectivity index (χ4n) is 4.65. The third kappa shape index (κ3) is 4.59. The number of nitrogens with one attached hydrogen (secondary N) is 2. The number of halogens is 1. The maximum absolute atomic E-state index is 5.89. The van der Waals surface area contributed by atoms with Crippen LogP contribution in [0.3, 0.4) is 0 Å². The van der Waals surface area contributed by atoms with Crippen molar-refractivity contribution in [3.63, 3.8) is 0 Å². The fourth-order valence-corrected chi connectivity index (χ4v) is 4.65. The highest BCUT2D eigenvalue weighted by atomic mass is 127. The lowest BCUT2D eigenvalue weighted by molar-refractivity contribution is -0.106. The first-order valence-electron chi connectivity index (χ1n) is 9.39. The van der Waals surface area contributed by atoms with Crippen LogP contribution in [-0.2, 0) is 9.47 Å². The normalized spacial score (nSPS) is 32.5. The molecule has 7 heteroatoms. The molecule has 0 aromatic heterocycles. The molecule has 0 aromatic carbocycles. The van der Waals surface area contributed by atoms with Gasteiger partial charge in [0.05, 0.1) is 12.7 Å². The molecular weight excluding hydrogens is 431 g/mol.